The molecule has 74 valence electrons. The highest BCUT2D eigenvalue weighted by molar-refractivity contribution is 9.10. The molecule has 0 aliphatic rings. The van der Waals surface area contributed by atoms with Gasteiger partial charge in [-0.3, -0.25) is 4.40 Å². The second-order valence-electron chi connectivity index (χ2n) is 3.62. The Kier molecular flexibility index (Phi) is 1.83. The molecule has 0 unspecified atom stereocenters. The van der Waals surface area contributed by atoms with E-state index in [1.165, 1.54) is 16.5 Å². The Morgan fingerprint density at radius 3 is 3.07 bits per heavy atom. The van der Waals surface area contributed by atoms with Crippen LogP contribution in [0.25, 0.3) is 16.6 Å². The van der Waals surface area contributed by atoms with Crippen LogP contribution >= 0.6 is 15.9 Å². The summed E-state index contributed by atoms with van der Waals surface area (Å²) in [5.41, 5.74) is 3.43. The van der Waals surface area contributed by atoms with Crippen molar-refractivity contribution in [2.75, 3.05) is 0 Å². The monoisotopic (exact) mass is 260 g/mol. The third kappa shape index (κ3) is 1.20. The molecule has 2 nitrogen and oxygen atoms in total. The van der Waals surface area contributed by atoms with Crippen molar-refractivity contribution in [3.8, 4) is 0 Å². The van der Waals surface area contributed by atoms with E-state index in [2.05, 4.69) is 56.5 Å². The van der Waals surface area contributed by atoms with E-state index in [1.54, 1.807) is 0 Å². The minimum absolute atomic E-state index is 0.993. The second kappa shape index (κ2) is 3.07. The van der Waals surface area contributed by atoms with Gasteiger partial charge in [0.25, 0.3) is 0 Å². The number of aromatic nitrogens is 2. The van der Waals surface area contributed by atoms with Gasteiger partial charge in [-0.05, 0) is 40.5 Å². The van der Waals surface area contributed by atoms with Crippen molar-refractivity contribution >= 4 is 32.5 Å². The average molecular weight is 261 g/mol. The van der Waals surface area contributed by atoms with Crippen molar-refractivity contribution in [2.45, 2.75) is 6.92 Å². The molecule has 0 N–H and O–H groups in total. The number of rotatable bonds is 0. The quantitative estimate of drug-likeness (QED) is 0.604. The molecule has 0 aliphatic carbocycles. The van der Waals surface area contributed by atoms with Crippen molar-refractivity contribution < 1.29 is 0 Å². The van der Waals surface area contributed by atoms with Crippen LogP contribution in [0.2, 0.25) is 0 Å². The first-order valence-electron chi connectivity index (χ1n) is 4.78. The minimum atomic E-state index is 0.993. The van der Waals surface area contributed by atoms with E-state index in [9.17, 15) is 0 Å². The molecule has 0 aliphatic heterocycles. The van der Waals surface area contributed by atoms with E-state index in [-0.39, 0.29) is 0 Å². The number of nitrogens with zero attached hydrogens (tertiary/aromatic N) is 2. The topological polar surface area (TPSA) is 17.3 Å². The molecular weight excluding hydrogens is 252 g/mol. The van der Waals surface area contributed by atoms with Gasteiger partial charge >= 0.3 is 0 Å². The highest BCUT2D eigenvalue weighted by Crippen LogP contribution is 2.27. The van der Waals surface area contributed by atoms with Crippen molar-refractivity contribution in [3.63, 3.8) is 0 Å². The summed E-state index contributed by atoms with van der Waals surface area (Å²) in [5, 5.41) is 1.26. The number of hydrogen-bond donors (Lipinski definition) is 0. The van der Waals surface area contributed by atoms with Crippen molar-refractivity contribution in [1.82, 2.24) is 9.38 Å². The van der Waals surface area contributed by atoms with Gasteiger partial charge in [0.05, 0.1) is 5.52 Å². The molecule has 0 saturated heterocycles. The normalized spacial score (nSPS) is 11.3. The van der Waals surface area contributed by atoms with Gasteiger partial charge in [-0.15, -0.1) is 0 Å². The third-order valence-electron chi connectivity index (χ3n) is 2.67. The number of fused-ring (bicyclic) bond motifs is 3. The van der Waals surface area contributed by atoms with Crippen LogP contribution < -0.4 is 0 Å². The van der Waals surface area contributed by atoms with Crippen LogP contribution in [0.3, 0.4) is 0 Å². The van der Waals surface area contributed by atoms with Gasteiger partial charge in [0.1, 0.15) is 5.65 Å². The summed E-state index contributed by atoms with van der Waals surface area (Å²) in [6.45, 7) is 2.11. The zero-order valence-corrected chi connectivity index (χ0v) is 9.82. The maximum Gasteiger partial charge on any atom is 0.137 e. The average Bonchev–Trinajstić information content (AvgIpc) is 2.66. The number of para-hydroxylation sites is 1. The van der Waals surface area contributed by atoms with Crippen LogP contribution in [0, 0.1) is 6.92 Å². The van der Waals surface area contributed by atoms with E-state index < -0.39 is 0 Å². The molecular formula is C12H9BrN2. The Labute approximate surface area is 95.7 Å². The first-order valence-corrected chi connectivity index (χ1v) is 5.57. The van der Waals surface area contributed by atoms with Crippen molar-refractivity contribution in [2.24, 2.45) is 0 Å². The fraction of sp³-hybridized carbons (Fsp3) is 0.0833. The molecule has 1 aromatic carbocycles. The SMILES string of the molecule is Cc1cc2nccn2c2c(Br)cccc12. The maximum absolute atomic E-state index is 4.31. The van der Waals surface area contributed by atoms with E-state index in [0.717, 1.165) is 10.1 Å². The lowest BCUT2D eigenvalue weighted by Crippen LogP contribution is -1.90. The summed E-state index contributed by atoms with van der Waals surface area (Å²) in [6, 6.07) is 8.35. The van der Waals surface area contributed by atoms with Crippen LogP contribution in [0.15, 0.2) is 41.1 Å². The molecule has 3 aromatic rings. The highest BCUT2D eigenvalue weighted by Gasteiger charge is 2.06. The zero-order valence-electron chi connectivity index (χ0n) is 8.24. The van der Waals surface area contributed by atoms with Gasteiger partial charge in [0.15, 0.2) is 0 Å². The molecule has 3 rings (SSSR count). The molecule has 3 heteroatoms. The van der Waals surface area contributed by atoms with Gasteiger partial charge in [0.2, 0.25) is 0 Å². The fourth-order valence-electron chi connectivity index (χ4n) is 1.96. The number of halogens is 1. The van der Waals surface area contributed by atoms with Gasteiger partial charge in [-0.25, -0.2) is 4.98 Å². The van der Waals surface area contributed by atoms with E-state index in [0.29, 0.717) is 0 Å². The summed E-state index contributed by atoms with van der Waals surface area (Å²) < 4.78 is 3.21. The Balaban J connectivity index is 2.69. The Morgan fingerprint density at radius 2 is 2.20 bits per heavy atom. The van der Waals surface area contributed by atoms with E-state index >= 15 is 0 Å². The molecule has 2 aromatic heterocycles. The Hall–Kier alpha value is -1.35. The van der Waals surface area contributed by atoms with Crippen LogP contribution in [0.5, 0.6) is 0 Å². The fourth-order valence-corrected chi connectivity index (χ4v) is 2.52. The molecule has 0 fully saturated rings. The van der Waals surface area contributed by atoms with Crippen LogP contribution in [-0.2, 0) is 0 Å². The van der Waals surface area contributed by atoms with Crippen molar-refractivity contribution in [3.05, 3.63) is 46.7 Å². The molecule has 0 bridgehead atoms. The van der Waals surface area contributed by atoms with E-state index in [4.69, 9.17) is 0 Å². The third-order valence-corrected chi connectivity index (χ3v) is 3.31. The summed E-state index contributed by atoms with van der Waals surface area (Å²) >= 11 is 3.59. The van der Waals surface area contributed by atoms with E-state index in [1.807, 2.05) is 12.4 Å². The largest absolute Gasteiger partial charge is 0.299 e. The summed E-state index contributed by atoms with van der Waals surface area (Å²) in [6.07, 6.45) is 3.82. The highest BCUT2D eigenvalue weighted by atomic mass is 79.9. The number of hydrogen-bond acceptors (Lipinski definition) is 1. The van der Waals surface area contributed by atoms with Crippen molar-refractivity contribution in [1.29, 1.82) is 0 Å². The lowest BCUT2D eigenvalue weighted by Gasteiger charge is -2.07. The zero-order chi connectivity index (χ0) is 10.4. The molecule has 0 radical (unpaired) electrons. The van der Waals surface area contributed by atoms with Gasteiger partial charge < -0.3 is 0 Å². The molecule has 0 saturated carbocycles. The van der Waals surface area contributed by atoms with Gasteiger partial charge in [-0.1, -0.05) is 12.1 Å². The number of benzene rings is 1. The smallest absolute Gasteiger partial charge is 0.137 e. The molecule has 0 atom stereocenters. The predicted molar refractivity (Wildman–Crippen MR) is 65.1 cm³/mol. The van der Waals surface area contributed by atoms with Crippen LogP contribution in [0.1, 0.15) is 5.56 Å². The number of imidazole rings is 1. The Morgan fingerprint density at radius 1 is 1.33 bits per heavy atom. The second-order valence-corrected chi connectivity index (χ2v) is 4.47. The van der Waals surface area contributed by atoms with Gasteiger partial charge in [-0.2, -0.15) is 0 Å². The summed E-state index contributed by atoms with van der Waals surface area (Å²) in [4.78, 5) is 4.31. The lowest BCUT2D eigenvalue weighted by atomic mass is 10.1. The molecule has 15 heavy (non-hydrogen) atoms. The number of aryl methyl sites for hydroxylation is 1. The first-order chi connectivity index (χ1) is 7.27. The first kappa shape index (κ1) is 8.92. The standard InChI is InChI=1S/C12H9BrN2/c1-8-7-11-14-5-6-15(11)12-9(8)3-2-4-10(12)13/h2-7H,1H3. The number of pyridine rings is 1. The minimum Gasteiger partial charge on any atom is -0.299 e. The lowest BCUT2D eigenvalue weighted by molar-refractivity contribution is 1.24. The van der Waals surface area contributed by atoms with Crippen LogP contribution in [0.4, 0.5) is 0 Å². The van der Waals surface area contributed by atoms with Gasteiger partial charge in [0, 0.05) is 22.3 Å². The molecule has 0 spiro atoms. The summed E-state index contributed by atoms with van der Waals surface area (Å²) in [5.74, 6) is 0. The van der Waals surface area contributed by atoms with Crippen LogP contribution in [-0.4, -0.2) is 9.38 Å². The summed E-state index contributed by atoms with van der Waals surface area (Å²) in [7, 11) is 0. The molecule has 2 heterocycles. The molecule has 0 amide bonds. The Bertz CT molecular complexity index is 655. The predicted octanol–water partition coefficient (Wildman–Crippen LogP) is 3.56. The maximum atomic E-state index is 4.31.